The zero-order valence-electron chi connectivity index (χ0n) is 13.5. The number of aromatic amines is 1. The lowest BCUT2D eigenvalue weighted by atomic mass is 10.1. The molecular formula is C15H21N5O3. The third-order valence-corrected chi connectivity index (χ3v) is 4.35. The van der Waals surface area contributed by atoms with E-state index in [1.54, 1.807) is 24.9 Å². The van der Waals surface area contributed by atoms with E-state index < -0.39 is 11.6 Å². The number of imidazole rings is 1. The molecule has 1 unspecified atom stereocenters. The van der Waals surface area contributed by atoms with Gasteiger partial charge in [-0.1, -0.05) is 0 Å². The molecule has 23 heavy (non-hydrogen) atoms. The molecule has 0 aliphatic carbocycles. The molecule has 1 aromatic rings. The van der Waals surface area contributed by atoms with Crippen LogP contribution in [-0.2, 0) is 9.59 Å². The molecule has 2 fully saturated rings. The van der Waals surface area contributed by atoms with Crippen molar-refractivity contribution in [2.24, 2.45) is 0 Å². The molecule has 0 radical (unpaired) electrons. The Kier molecular flexibility index (Phi) is 3.62. The van der Waals surface area contributed by atoms with Crippen LogP contribution in [0.4, 0.5) is 4.79 Å². The van der Waals surface area contributed by atoms with Crippen LogP contribution < -0.4 is 5.32 Å². The van der Waals surface area contributed by atoms with Crippen LogP contribution in [0.2, 0.25) is 0 Å². The molecule has 1 atom stereocenters. The number of H-pyrrole nitrogens is 1. The number of aromatic nitrogens is 2. The van der Waals surface area contributed by atoms with Crippen LogP contribution in [0.1, 0.15) is 44.2 Å². The monoisotopic (exact) mass is 319 g/mol. The van der Waals surface area contributed by atoms with E-state index in [0.717, 1.165) is 29.3 Å². The lowest BCUT2D eigenvalue weighted by molar-refractivity contribution is -0.139. The number of carbonyl (C=O) groups is 3. The van der Waals surface area contributed by atoms with Crippen LogP contribution in [0.3, 0.4) is 0 Å². The van der Waals surface area contributed by atoms with Gasteiger partial charge in [-0.25, -0.2) is 9.78 Å². The molecule has 0 saturated carbocycles. The summed E-state index contributed by atoms with van der Waals surface area (Å²) in [6.45, 7) is 5.54. The summed E-state index contributed by atoms with van der Waals surface area (Å²) in [7, 11) is 0. The largest absolute Gasteiger partial charge is 0.344 e. The fourth-order valence-electron chi connectivity index (χ4n) is 3.14. The Hall–Kier alpha value is -2.38. The minimum atomic E-state index is -0.958. The van der Waals surface area contributed by atoms with Crippen molar-refractivity contribution in [2.45, 2.75) is 45.2 Å². The van der Waals surface area contributed by atoms with Gasteiger partial charge in [0.25, 0.3) is 5.91 Å². The maximum atomic E-state index is 12.6. The van der Waals surface area contributed by atoms with E-state index in [2.05, 4.69) is 15.3 Å². The summed E-state index contributed by atoms with van der Waals surface area (Å²) in [5.41, 5.74) is -0.0185. The van der Waals surface area contributed by atoms with E-state index in [0.29, 0.717) is 6.54 Å². The fourth-order valence-corrected chi connectivity index (χ4v) is 3.14. The first kappa shape index (κ1) is 15.5. The molecule has 3 rings (SSSR count). The number of nitrogens with one attached hydrogen (secondary N) is 2. The van der Waals surface area contributed by atoms with E-state index in [4.69, 9.17) is 0 Å². The Labute approximate surface area is 134 Å². The lowest BCUT2D eigenvalue weighted by Crippen LogP contribution is -2.44. The molecule has 8 nitrogen and oxygen atoms in total. The zero-order chi connectivity index (χ0) is 16.8. The zero-order valence-corrected chi connectivity index (χ0v) is 13.5. The number of urea groups is 1. The van der Waals surface area contributed by atoms with E-state index >= 15 is 0 Å². The average Bonchev–Trinajstić information content (AvgIpc) is 3.14. The van der Waals surface area contributed by atoms with Crippen LogP contribution in [0, 0.1) is 6.92 Å². The molecule has 0 bridgehead atoms. The van der Waals surface area contributed by atoms with Crippen LogP contribution in [0.15, 0.2) is 6.20 Å². The molecule has 2 aliphatic heterocycles. The molecule has 124 valence electrons. The average molecular weight is 319 g/mol. The van der Waals surface area contributed by atoms with Crippen molar-refractivity contribution >= 4 is 17.8 Å². The summed E-state index contributed by atoms with van der Waals surface area (Å²) in [5, 5.41) is 2.58. The summed E-state index contributed by atoms with van der Waals surface area (Å²) >= 11 is 0. The summed E-state index contributed by atoms with van der Waals surface area (Å²) in [6, 6.07) is -0.636. The van der Waals surface area contributed by atoms with E-state index in [-0.39, 0.29) is 24.4 Å². The lowest BCUT2D eigenvalue weighted by Gasteiger charge is -2.25. The normalized spacial score (nSPS) is 23.5. The molecule has 0 aromatic carbocycles. The maximum Gasteiger partial charge on any atom is 0.325 e. The number of amides is 4. The quantitative estimate of drug-likeness (QED) is 0.802. The summed E-state index contributed by atoms with van der Waals surface area (Å²) in [4.78, 5) is 46.9. The Morgan fingerprint density at radius 2 is 2.17 bits per heavy atom. The van der Waals surface area contributed by atoms with E-state index in [9.17, 15) is 14.4 Å². The molecular weight excluding hydrogens is 298 g/mol. The minimum absolute atomic E-state index is 0.120. The number of likely N-dealkylation sites (tertiary alicyclic amines) is 1. The van der Waals surface area contributed by atoms with Gasteiger partial charge >= 0.3 is 6.03 Å². The number of rotatable bonds is 3. The number of imide groups is 1. The van der Waals surface area contributed by atoms with Gasteiger partial charge in [0.2, 0.25) is 5.91 Å². The van der Waals surface area contributed by atoms with Crippen molar-refractivity contribution < 1.29 is 14.4 Å². The van der Waals surface area contributed by atoms with E-state index in [1.165, 1.54) is 0 Å². The molecule has 8 heteroatoms. The third kappa shape index (κ3) is 2.69. The van der Waals surface area contributed by atoms with Crippen molar-refractivity contribution in [1.82, 2.24) is 25.1 Å². The first-order valence-electron chi connectivity index (χ1n) is 7.74. The smallest absolute Gasteiger partial charge is 0.325 e. The number of nitrogens with zero attached hydrogens (tertiary/aromatic N) is 3. The number of carbonyl (C=O) groups excluding carboxylic acids is 3. The second-order valence-electron chi connectivity index (χ2n) is 6.64. The summed E-state index contributed by atoms with van der Waals surface area (Å²) in [5.74, 6) is 0.147. The van der Waals surface area contributed by atoms with Crippen molar-refractivity contribution in [3.63, 3.8) is 0 Å². The molecule has 0 spiro atoms. The highest BCUT2D eigenvalue weighted by atomic mass is 16.2. The van der Waals surface area contributed by atoms with Crippen LogP contribution in [0.5, 0.6) is 0 Å². The molecule has 2 saturated heterocycles. The van der Waals surface area contributed by atoms with Crippen LogP contribution >= 0.6 is 0 Å². The van der Waals surface area contributed by atoms with Crippen LogP contribution in [-0.4, -0.2) is 56.2 Å². The highest BCUT2D eigenvalue weighted by molar-refractivity contribution is 6.08. The van der Waals surface area contributed by atoms with Crippen LogP contribution in [0.25, 0.3) is 0 Å². The van der Waals surface area contributed by atoms with Crippen molar-refractivity contribution in [1.29, 1.82) is 0 Å². The first-order valence-corrected chi connectivity index (χ1v) is 7.74. The molecule has 4 amide bonds. The van der Waals surface area contributed by atoms with Gasteiger partial charge in [-0.3, -0.25) is 14.5 Å². The fraction of sp³-hybridized carbons (Fsp3) is 0.600. The van der Waals surface area contributed by atoms with Gasteiger partial charge in [0.1, 0.15) is 17.9 Å². The van der Waals surface area contributed by atoms with Gasteiger partial charge in [-0.2, -0.15) is 0 Å². The molecule has 1 aromatic heterocycles. The Bertz CT molecular complexity index is 666. The SMILES string of the molecule is Cc1cnc(C2CCCN2C(=O)CN2C(=O)NC(C)(C)C2=O)[nH]1. The van der Waals surface area contributed by atoms with Crippen molar-refractivity contribution in [3.05, 3.63) is 17.7 Å². The Morgan fingerprint density at radius 1 is 1.43 bits per heavy atom. The molecule has 3 heterocycles. The van der Waals surface area contributed by atoms with E-state index in [1.807, 2.05) is 6.92 Å². The Morgan fingerprint density at radius 3 is 2.74 bits per heavy atom. The third-order valence-electron chi connectivity index (χ3n) is 4.35. The topological polar surface area (TPSA) is 98.4 Å². The van der Waals surface area contributed by atoms with Gasteiger partial charge in [0, 0.05) is 18.4 Å². The molecule has 2 aliphatic rings. The standard InChI is InChI=1S/C15H21N5O3/c1-9-7-16-12(17-9)10-5-4-6-19(10)11(21)8-20-13(22)15(2,3)18-14(20)23/h7,10H,4-6,8H2,1-3H3,(H,16,17)(H,18,23). The molecule has 2 N–H and O–H groups in total. The van der Waals surface area contributed by atoms with Gasteiger partial charge in [-0.15, -0.1) is 0 Å². The number of hydrogen-bond acceptors (Lipinski definition) is 4. The van der Waals surface area contributed by atoms with Crippen molar-refractivity contribution in [3.8, 4) is 0 Å². The Balaban J connectivity index is 1.73. The number of aryl methyl sites for hydroxylation is 1. The predicted molar refractivity (Wildman–Crippen MR) is 81.3 cm³/mol. The van der Waals surface area contributed by atoms with Crippen molar-refractivity contribution in [2.75, 3.05) is 13.1 Å². The van der Waals surface area contributed by atoms with Gasteiger partial charge in [0.05, 0.1) is 6.04 Å². The predicted octanol–water partition coefficient (Wildman–Crippen LogP) is 0.712. The number of hydrogen-bond donors (Lipinski definition) is 2. The highest BCUT2D eigenvalue weighted by Gasteiger charge is 2.46. The van der Waals surface area contributed by atoms with Gasteiger partial charge in [0.15, 0.2) is 0 Å². The maximum absolute atomic E-state index is 12.6. The van der Waals surface area contributed by atoms with Gasteiger partial charge < -0.3 is 15.2 Å². The first-order chi connectivity index (χ1) is 10.8. The summed E-state index contributed by atoms with van der Waals surface area (Å²) < 4.78 is 0. The summed E-state index contributed by atoms with van der Waals surface area (Å²) in [6.07, 6.45) is 3.43. The second kappa shape index (κ2) is 5.36. The minimum Gasteiger partial charge on any atom is -0.344 e. The van der Waals surface area contributed by atoms with Gasteiger partial charge in [-0.05, 0) is 33.6 Å². The second-order valence-corrected chi connectivity index (χ2v) is 6.64. The highest BCUT2D eigenvalue weighted by Crippen LogP contribution is 2.30.